The lowest BCUT2D eigenvalue weighted by Crippen LogP contribution is -2.38. The van der Waals surface area contributed by atoms with E-state index in [1.807, 2.05) is 85.7 Å². The normalized spacial score (nSPS) is 17.1. The number of rotatable bonds is 8. The number of amidine groups is 1. The standard InChI is InChI=1S/C27H29N3O4S/c1-17(2)34-26(32)24-18(3)29-27-30(25(24)20-10-12-22(33-4)13-11-20)21(16-35-27)14-23(31)28-15-19-8-6-5-7-9-19/h5-13,16-17,25H,14-15H2,1-4H3,(H,28,31)/t25-/m1/s1. The van der Waals surface area contributed by atoms with Crippen molar-refractivity contribution >= 4 is 28.8 Å². The van der Waals surface area contributed by atoms with Gasteiger partial charge in [0.2, 0.25) is 5.91 Å². The van der Waals surface area contributed by atoms with E-state index >= 15 is 0 Å². The average Bonchev–Trinajstić information content (AvgIpc) is 3.23. The molecule has 0 saturated carbocycles. The van der Waals surface area contributed by atoms with Crippen LogP contribution < -0.4 is 10.1 Å². The van der Waals surface area contributed by atoms with Gasteiger partial charge in [-0.2, -0.15) is 0 Å². The molecule has 8 heteroatoms. The number of carbonyl (C=O) groups is 2. The first-order valence-electron chi connectivity index (χ1n) is 11.5. The maximum atomic E-state index is 13.2. The third kappa shape index (κ3) is 5.59. The maximum absolute atomic E-state index is 13.2. The number of hydrogen-bond donors (Lipinski definition) is 1. The Balaban J connectivity index is 1.62. The van der Waals surface area contributed by atoms with Crippen LogP contribution in [0.2, 0.25) is 0 Å². The van der Waals surface area contributed by atoms with Gasteiger partial charge in [0.1, 0.15) is 5.75 Å². The number of hydrogen-bond acceptors (Lipinski definition) is 7. The predicted octanol–water partition coefficient (Wildman–Crippen LogP) is 4.93. The summed E-state index contributed by atoms with van der Waals surface area (Å²) in [5.74, 6) is 0.205. The van der Waals surface area contributed by atoms with Crippen molar-refractivity contribution in [2.24, 2.45) is 4.99 Å². The molecular formula is C27H29N3O4S. The highest BCUT2D eigenvalue weighted by molar-refractivity contribution is 8.16. The van der Waals surface area contributed by atoms with Gasteiger partial charge in [0, 0.05) is 12.2 Å². The largest absolute Gasteiger partial charge is 0.497 e. The monoisotopic (exact) mass is 491 g/mol. The molecule has 0 saturated heterocycles. The quantitative estimate of drug-likeness (QED) is 0.528. The summed E-state index contributed by atoms with van der Waals surface area (Å²) >= 11 is 1.45. The first-order chi connectivity index (χ1) is 16.9. The second-order valence-electron chi connectivity index (χ2n) is 8.56. The second kappa shape index (κ2) is 10.8. The molecule has 2 aromatic rings. The summed E-state index contributed by atoms with van der Waals surface area (Å²) in [6.45, 7) is 5.92. The number of esters is 1. The van der Waals surface area contributed by atoms with Crippen LogP contribution in [0.15, 0.2) is 82.0 Å². The van der Waals surface area contributed by atoms with Crippen molar-refractivity contribution in [2.75, 3.05) is 7.11 Å². The topological polar surface area (TPSA) is 80.2 Å². The highest BCUT2D eigenvalue weighted by Gasteiger charge is 2.41. The van der Waals surface area contributed by atoms with Gasteiger partial charge in [-0.3, -0.25) is 4.79 Å². The smallest absolute Gasteiger partial charge is 0.338 e. The summed E-state index contributed by atoms with van der Waals surface area (Å²) in [6, 6.07) is 16.9. The van der Waals surface area contributed by atoms with Crippen LogP contribution in [0.25, 0.3) is 0 Å². The van der Waals surface area contributed by atoms with Crippen molar-refractivity contribution in [1.29, 1.82) is 0 Å². The van der Waals surface area contributed by atoms with Crippen LogP contribution in [0.3, 0.4) is 0 Å². The van der Waals surface area contributed by atoms with Crippen molar-refractivity contribution in [3.63, 3.8) is 0 Å². The molecule has 2 aromatic carbocycles. The molecule has 2 aliphatic heterocycles. The zero-order valence-electron chi connectivity index (χ0n) is 20.3. The van der Waals surface area contributed by atoms with Crippen molar-refractivity contribution in [3.05, 3.63) is 88.1 Å². The molecule has 2 aliphatic rings. The Morgan fingerprint density at radius 2 is 1.83 bits per heavy atom. The maximum Gasteiger partial charge on any atom is 0.338 e. The fourth-order valence-corrected chi connectivity index (χ4v) is 5.00. The van der Waals surface area contributed by atoms with Crippen LogP contribution in [-0.4, -0.2) is 35.2 Å². The fourth-order valence-electron chi connectivity index (χ4n) is 4.03. The van der Waals surface area contributed by atoms with Crippen LogP contribution >= 0.6 is 11.8 Å². The molecule has 0 spiro atoms. The van der Waals surface area contributed by atoms with E-state index in [0.29, 0.717) is 17.8 Å². The Labute approximate surface area is 209 Å². The Morgan fingerprint density at radius 3 is 2.49 bits per heavy atom. The van der Waals surface area contributed by atoms with E-state index in [-0.39, 0.29) is 18.4 Å². The number of aliphatic imine (C=N–C) groups is 1. The van der Waals surface area contributed by atoms with Crippen LogP contribution in [-0.2, 0) is 20.9 Å². The summed E-state index contributed by atoms with van der Waals surface area (Å²) in [7, 11) is 1.61. The Bertz CT molecular complexity index is 1190. The molecule has 1 N–H and O–H groups in total. The molecule has 0 aliphatic carbocycles. The van der Waals surface area contributed by atoms with Crippen LogP contribution in [0.4, 0.5) is 0 Å². The SMILES string of the molecule is COc1ccc([C@@H]2C(C(=O)OC(C)C)=C(C)N=C3SC=C(CC(=O)NCc4ccccc4)N32)cc1. The minimum atomic E-state index is -0.470. The Kier molecular flexibility index (Phi) is 7.60. The predicted molar refractivity (Wildman–Crippen MR) is 138 cm³/mol. The van der Waals surface area contributed by atoms with E-state index in [1.165, 1.54) is 11.8 Å². The minimum Gasteiger partial charge on any atom is -0.497 e. The highest BCUT2D eigenvalue weighted by Crippen LogP contribution is 2.45. The average molecular weight is 492 g/mol. The van der Waals surface area contributed by atoms with E-state index in [0.717, 1.165) is 27.7 Å². The summed E-state index contributed by atoms with van der Waals surface area (Å²) in [5, 5.41) is 5.65. The minimum absolute atomic E-state index is 0.104. The van der Waals surface area contributed by atoms with E-state index in [2.05, 4.69) is 5.32 Å². The molecule has 0 fully saturated rings. The van der Waals surface area contributed by atoms with Crippen LogP contribution in [0, 0.1) is 0 Å². The molecule has 1 amide bonds. The van der Waals surface area contributed by atoms with Crippen molar-refractivity contribution < 1.29 is 19.1 Å². The fraction of sp³-hybridized carbons (Fsp3) is 0.296. The first-order valence-corrected chi connectivity index (χ1v) is 12.3. The van der Waals surface area contributed by atoms with E-state index in [4.69, 9.17) is 14.5 Å². The number of nitrogens with one attached hydrogen (secondary N) is 1. The first kappa shape index (κ1) is 24.6. The number of carbonyl (C=O) groups excluding carboxylic acids is 2. The van der Waals surface area contributed by atoms with E-state index in [9.17, 15) is 9.59 Å². The molecule has 1 atom stereocenters. The summed E-state index contributed by atoms with van der Waals surface area (Å²) < 4.78 is 10.9. The van der Waals surface area contributed by atoms with E-state index in [1.54, 1.807) is 7.11 Å². The molecule has 2 heterocycles. The van der Waals surface area contributed by atoms with Crippen molar-refractivity contribution in [3.8, 4) is 5.75 Å². The van der Waals surface area contributed by atoms with Gasteiger partial charge in [0.15, 0.2) is 5.17 Å². The van der Waals surface area contributed by atoms with Gasteiger partial charge in [0.05, 0.1) is 36.9 Å². The van der Waals surface area contributed by atoms with Gasteiger partial charge in [0.25, 0.3) is 0 Å². The van der Waals surface area contributed by atoms with Crippen molar-refractivity contribution in [1.82, 2.24) is 10.2 Å². The lowest BCUT2D eigenvalue weighted by Gasteiger charge is -2.36. The number of allylic oxidation sites excluding steroid dienone is 1. The van der Waals surface area contributed by atoms with Crippen LogP contribution in [0.1, 0.15) is 44.4 Å². The lowest BCUT2D eigenvalue weighted by atomic mass is 9.93. The number of fused-ring (bicyclic) bond motifs is 1. The second-order valence-corrected chi connectivity index (χ2v) is 9.40. The molecule has 0 aromatic heterocycles. The summed E-state index contributed by atoms with van der Waals surface area (Å²) in [6.07, 6.45) is -0.103. The van der Waals surface area contributed by atoms with Gasteiger partial charge in [-0.25, -0.2) is 9.79 Å². The number of benzene rings is 2. The number of nitrogens with zero attached hydrogens (tertiary/aromatic N) is 2. The molecule has 0 unspecified atom stereocenters. The van der Waals surface area contributed by atoms with Gasteiger partial charge in [-0.05, 0) is 49.4 Å². The van der Waals surface area contributed by atoms with Gasteiger partial charge in [-0.15, -0.1) is 0 Å². The summed E-state index contributed by atoms with van der Waals surface area (Å²) in [4.78, 5) is 32.7. The Morgan fingerprint density at radius 1 is 1.11 bits per heavy atom. The third-order valence-electron chi connectivity index (χ3n) is 5.67. The molecule has 35 heavy (non-hydrogen) atoms. The third-order valence-corrected chi connectivity index (χ3v) is 6.56. The molecule has 0 bridgehead atoms. The molecule has 182 valence electrons. The number of ether oxygens (including phenoxy) is 2. The Hall–Kier alpha value is -3.52. The van der Waals surface area contributed by atoms with Gasteiger partial charge in [-0.1, -0.05) is 54.2 Å². The molecule has 0 radical (unpaired) electrons. The summed E-state index contributed by atoms with van der Waals surface area (Å²) in [5.41, 5.74) is 3.77. The molecule has 4 rings (SSSR count). The zero-order valence-corrected chi connectivity index (χ0v) is 21.1. The highest BCUT2D eigenvalue weighted by atomic mass is 32.2. The zero-order chi connectivity index (χ0) is 24.9. The number of amides is 1. The molecule has 7 nitrogen and oxygen atoms in total. The number of thioether (sulfide) groups is 1. The van der Waals surface area contributed by atoms with E-state index < -0.39 is 12.0 Å². The van der Waals surface area contributed by atoms with Gasteiger partial charge < -0.3 is 19.7 Å². The lowest BCUT2D eigenvalue weighted by molar-refractivity contribution is -0.143. The number of methoxy groups -OCH3 is 1. The van der Waals surface area contributed by atoms with Crippen molar-refractivity contribution in [2.45, 2.75) is 45.9 Å². The van der Waals surface area contributed by atoms with Crippen LogP contribution in [0.5, 0.6) is 5.75 Å². The molecular weight excluding hydrogens is 462 g/mol. The van der Waals surface area contributed by atoms with Gasteiger partial charge >= 0.3 is 5.97 Å².